The lowest BCUT2D eigenvalue weighted by Gasteiger charge is -2.06. The molecule has 0 atom stereocenters. The van der Waals surface area contributed by atoms with Crippen molar-refractivity contribution in [3.05, 3.63) is 76.6 Å². The minimum atomic E-state index is -0.247. The van der Waals surface area contributed by atoms with E-state index >= 15 is 0 Å². The zero-order chi connectivity index (χ0) is 13.9. The van der Waals surface area contributed by atoms with E-state index in [9.17, 15) is 4.39 Å². The van der Waals surface area contributed by atoms with Gasteiger partial charge in [-0.2, -0.15) is 5.10 Å². The molecule has 0 fully saturated rings. The Balaban J connectivity index is 2.02. The SMILES string of the molecule is Fc1cccc(Cc2n[nH]c(=S)n2-c2ccccc2)c1. The Morgan fingerprint density at radius 2 is 1.90 bits per heavy atom. The molecule has 3 aromatic rings. The van der Waals surface area contributed by atoms with Gasteiger partial charge in [-0.1, -0.05) is 30.3 Å². The number of aromatic amines is 1. The number of benzene rings is 2. The van der Waals surface area contributed by atoms with E-state index in [1.807, 2.05) is 41.0 Å². The van der Waals surface area contributed by atoms with Crippen LogP contribution in [0.25, 0.3) is 5.69 Å². The lowest BCUT2D eigenvalue weighted by atomic mass is 10.1. The van der Waals surface area contributed by atoms with Crippen molar-refractivity contribution in [3.63, 3.8) is 0 Å². The monoisotopic (exact) mass is 285 g/mol. The lowest BCUT2D eigenvalue weighted by Crippen LogP contribution is -2.02. The predicted molar refractivity (Wildman–Crippen MR) is 78.0 cm³/mol. The summed E-state index contributed by atoms with van der Waals surface area (Å²) in [7, 11) is 0. The third-order valence-corrected chi connectivity index (χ3v) is 3.28. The highest BCUT2D eigenvalue weighted by atomic mass is 32.1. The van der Waals surface area contributed by atoms with Crippen molar-refractivity contribution in [1.82, 2.24) is 14.8 Å². The van der Waals surface area contributed by atoms with Gasteiger partial charge in [-0.05, 0) is 42.0 Å². The summed E-state index contributed by atoms with van der Waals surface area (Å²) in [5.41, 5.74) is 1.80. The smallest absolute Gasteiger partial charge is 0.199 e. The summed E-state index contributed by atoms with van der Waals surface area (Å²) in [5.74, 6) is 0.509. The fourth-order valence-corrected chi connectivity index (χ4v) is 2.38. The third-order valence-electron chi connectivity index (χ3n) is 3.01. The van der Waals surface area contributed by atoms with E-state index in [-0.39, 0.29) is 5.82 Å². The molecule has 0 aliphatic carbocycles. The quantitative estimate of drug-likeness (QED) is 0.745. The first kappa shape index (κ1) is 12.7. The van der Waals surface area contributed by atoms with Crippen LogP contribution in [-0.4, -0.2) is 14.8 Å². The fraction of sp³-hybridized carbons (Fsp3) is 0.0667. The van der Waals surface area contributed by atoms with Gasteiger partial charge >= 0.3 is 0 Å². The summed E-state index contributed by atoms with van der Waals surface area (Å²) in [6.45, 7) is 0. The van der Waals surface area contributed by atoms with Crippen LogP contribution in [0, 0.1) is 10.6 Å². The zero-order valence-electron chi connectivity index (χ0n) is 10.6. The molecule has 0 aliphatic rings. The number of nitrogens with one attached hydrogen (secondary N) is 1. The van der Waals surface area contributed by atoms with Gasteiger partial charge in [0.15, 0.2) is 4.77 Å². The molecule has 0 saturated heterocycles. The molecule has 5 heteroatoms. The number of nitrogens with zero attached hydrogens (tertiary/aromatic N) is 2. The van der Waals surface area contributed by atoms with Crippen molar-refractivity contribution in [1.29, 1.82) is 0 Å². The molecule has 0 spiro atoms. The van der Waals surface area contributed by atoms with Crippen LogP contribution >= 0.6 is 12.2 Å². The first-order valence-electron chi connectivity index (χ1n) is 6.20. The Morgan fingerprint density at radius 1 is 1.10 bits per heavy atom. The van der Waals surface area contributed by atoms with Gasteiger partial charge in [0.1, 0.15) is 11.6 Å². The Morgan fingerprint density at radius 3 is 2.65 bits per heavy atom. The molecular weight excluding hydrogens is 273 g/mol. The van der Waals surface area contributed by atoms with Gasteiger partial charge < -0.3 is 0 Å². The first-order chi connectivity index (χ1) is 9.74. The molecule has 0 aliphatic heterocycles. The maximum Gasteiger partial charge on any atom is 0.199 e. The number of hydrogen-bond acceptors (Lipinski definition) is 2. The summed E-state index contributed by atoms with van der Waals surface area (Å²) < 4.78 is 15.6. The molecule has 0 radical (unpaired) electrons. The van der Waals surface area contributed by atoms with E-state index in [1.54, 1.807) is 6.07 Å². The molecule has 3 nitrogen and oxygen atoms in total. The molecule has 100 valence electrons. The molecule has 20 heavy (non-hydrogen) atoms. The number of para-hydroxylation sites is 1. The van der Waals surface area contributed by atoms with Crippen LogP contribution in [0.4, 0.5) is 4.39 Å². The minimum Gasteiger partial charge on any atom is -0.272 e. The summed E-state index contributed by atoms with van der Waals surface area (Å²) >= 11 is 5.27. The molecule has 1 aromatic heterocycles. The van der Waals surface area contributed by atoms with Gasteiger partial charge in [-0.15, -0.1) is 0 Å². The molecule has 1 heterocycles. The molecule has 0 unspecified atom stereocenters. The van der Waals surface area contributed by atoms with Gasteiger partial charge in [-0.25, -0.2) is 4.39 Å². The molecule has 2 aromatic carbocycles. The molecular formula is C15H12FN3S. The average molecular weight is 285 g/mol. The van der Waals surface area contributed by atoms with Crippen LogP contribution in [0.2, 0.25) is 0 Å². The maximum absolute atomic E-state index is 13.2. The van der Waals surface area contributed by atoms with Crippen molar-refractivity contribution >= 4 is 12.2 Å². The zero-order valence-corrected chi connectivity index (χ0v) is 11.4. The summed E-state index contributed by atoms with van der Waals surface area (Å²) in [6.07, 6.45) is 0.514. The van der Waals surface area contributed by atoms with E-state index in [2.05, 4.69) is 10.2 Å². The predicted octanol–water partition coefficient (Wildman–Crippen LogP) is 3.66. The standard InChI is InChI=1S/C15H12FN3S/c16-12-6-4-5-11(9-12)10-14-17-18-15(20)19(14)13-7-2-1-3-8-13/h1-9H,10H2,(H,18,20). The van der Waals surface area contributed by atoms with Crippen LogP contribution < -0.4 is 0 Å². The van der Waals surface area contributed by atoms with Crippen molar-refractivity contribution in [3.8, 4) is 5.69 Å². The second-order valence-corrected chi connectivity index (χ2v) is 4.81. The Bertz CT molecular complexity index is 777. The normalized spacial score (nSPS) is 10.7. The summed E-state index contributed by atoms with van der Waals surface area (Å²) in [5, 5.41) is 7.03. The molecule has 0 saturated carbocycles. The minimum absolute atomic E-state index is 0.247. The highest BCUT2D eigenvalue weighted by Gasteiger charge is 2.09. The van der Waals surface area contributed by atoms with Crippen LogP contribution in [0.3, 0.4) is 0 Å². The van der Waals surface area contributed by atoms with Gasteiger partial charge in [0.25, 0.3) is 0 Å². The number of aromatic nitrogens is 3. The second-order valence-electron chi connectivity index (χ2n) is 4.42. The van der Waals surface area contributed by atoms with E-state index in [1.165, 1.54) is 12.1 Å². The molecule has 0 bridgehead atoms. The number of hydrogen-bond donors (Lipinski definition) is 1. The Hall–Kier alpha value is -2.27. The van der Waals surface area contributed by atoms with Gasteiger partial charge in [-0.3, -0.25) is 9.67 Å². The van der Waals surface area contributed by atoms with Crippen LogP contribution in [0.15, 0.2) is 54.6 Å². The van der Waals surface area contributed by atoms with Crippen molar-refractivity contribution in [2.75, 3.05) is 0 Å². The van der Waals surface area contributed by atoms with Crippen LogP contribution in [-0.2, 0) is 6.42 Å². The highest BCUT2D eigenvalue weighted by molar-refractivity contribution is 7.71. The maximum atomic E-state index is 13.2. The van der Waals surface area contributed by atoms with Gasteiger partial charge in [0.05, 0.1) is 0 Å². The van der Waals surface area contributed by atoms with Crippen LogP contribution in [0.5, 0.6) is 0 Å². The Labute approximate surface area is 120 Å². The number of halogens is 1. The summed E-state index contributed by atoms with van der Waals surface area (Å²) in [6, 6.07) is 16.2. The number of rotatable bonds is 3. The lowest BCUT2D eigenvalue weighted by molar-refractivity contribution is 0.625. The van der Waals surface area contributed by atoms with E-state index < -0.39 is 0 Å². The first-order valence-corrected chi connectivity index (χ1v) is 6.61. The largest absolute Gasteiger partial charge is 0.272 e. The second kappa shape index (κ2) is 5.38. The van der Waals surface area contributed by atoms with Gasteiger partial charge in [0.2, 0.25) is 0 Å². The van der Waals surface area contributed by atoms with Gasteiger partial charge in [0, 0.05) is 12.1 Å². The Kier molecular flexibility index (Phi) is 3.43. The molecule has 1 N–H and O–H groups in total. The van der Waals surface area contributed by atoms with E-state index in [0.717, 1.165) is 17.1 Å². The molecule has 3 rings (SSSR count). The van der Waals surface area contributed by atoms with Crippen molar-refractivity contribution in [2.45, 2.75) is 6.42 Å². The fourth-order valence-electron chi connectivity index (χ4n) is 2.12. The summed E-state index contributed by atoms with van der Waals surface area (Å²) in [4.78, 5) is 0. The van der Waals surface area contributed by atoms with Crippen molar-refractivity contribution < 1.29 is 4.39 Å². The average Bonchev–Trinajstić information content (AvgIpc) is 2.81. The van der Waals surface area contributed by atoms with E-state index in [0.29, 0.717) is 11.2 Å². The van der Waals surface area contributed by atoms with Crippen molar-refractivity contribution in [2.24, 2.45) is 0 Å². The van der Waals surface area contributed by atoms with Crippen LogP contribution in [0.1, 0.15) is 11.4 Å². The molecule has 0 amide bonds. The highest BCUT2D eigenvalue weighted by Crippen LogP contribution is 2.14. The topological polar surface area (TPSA) is 33.6 Å². The number of H-pyrrole nitrogens is 1. The third kappa shape index (κ3) is 2.53. The van der Waals surface area contributed by atoms with E-state index in [4.69, 9.17) is 12.2 Å².